The fraction of sp³-hybridized carbons (Fsp3) is 0.364. The van der Waals surface area contributed by atoms with Gasteiger partial charge in [-0.2, -0.15) is 0 Å². The lowest BCUT2D eigenvalue weighted by atomic mass is 10.1. The summed E-state index contributed by atoms with van der Waals surface area (Å²) in [4.78, 5) is 5.75. The summed E-state index contributed by atoms with van der Waals surface area (Å²) in [6, 6.07) is 2.63. The molecule has 0 amide bonds. The first kappa shape index (κ1) is 8.97. The predicted octanol–water partition coefficient (Wildman–Crippen LogP) is 2.81. The van der Waals surface area contributed by atoms with Gasteiger partial charge in [0.15, 0.2) is 0 Å². The fourth-order valence-electron chi connectivity index (χ4n) is 2.06. The fourth-order valence-corrected chi connectivity index (χ4v) is 3.08. The number of rotatable bonds is 1. The van der Waals surface area contributed by atoms with Gasteiger partial charge in [0.2, 0.25) is 5.95 Å². The predicted molar refractivity (Wildman–Crippen MR) is 62.3 cm³/mol. The number of hydrogen-bond donors (Lipinski definition) is 1. The van der Waals surface area contributed by atoms with Crippen LogP contribution in [0.1, 0.15) is 22.9 Å². The van der Waals surface area contributed by atoms with E-state index in [1.54, 1.807) is 0 Å². The second-order valence-electron chi connectivity index (χ2n) is 3.90. The number of aromatic nitrogens is 2. The number of hydrogen-bond acceptors (Lipinski definition) is 3. The van der Waals surface area contributed by atoms with Crippen molar-refractivity contribution in [3.05, 3.63) is 34.3 Å². The van der Waals surface area contributed by atoms with E-state index in [9.17, 15) is 0 Å². The van der Waals surface area contributed by atoms with Crippen LogP contribution in [0.3, 0.4) is 0 Å². The highest BCUT2D eigenvalue weighted by Gasteiger charge is 2.21. The van der Waals surface area contributed by atoms with Crippen molar-refractivity contribution in [2.45, 2.75) is 25.9 Å². The summed E-state index contributed by atoms with van der Waals surface area (Å²) in [7, 11) is 0. The van der Waals surface area contributed by atoms with Crippen LogP contribution in [-0.4, -0.2) is 9.55 Å². The molecule has 0 saturated heterocycles. The molecule has 78 valence electrons. The van der Waals surface area contributed by atoms with Crippen molar-refractivity contribution >= 4 is 17.3 Å². The summed E-state index contributed by atoms with van der Waals surface area (Å²) in [6.45, 7) is 3.24. The molecule has 3 rings (SSSR count). The Labute approximate surface area is 92.8 Å². The molecule has 0 spiro atoms. The van der Waals surface area contributed by atoms with Crippen LogP contribution in [0.5, 0.6) is 0 Å². The zero-order chi connectivity index (χ0) is 10.3. The van der Waals surface area contributed by atoms with Gasteiger partial charge in [-0.15, -0.1) is 11.3 Å². The van der Waals surface area contributed by atoms with Crippen molar-refractivity contribution in [1.82, 2.24) is 9.55 Å². The Hall–Kier alpha value is -1.29. The molecule has 15 heavy (non-hydrogen) atoms. The minimum absolute atomic E-state index is 0.444. The molecular weight excluding hydrogens is 206 g/mol. The van der Waals surface area contributed by atoms with E-state index in [1.807, 2.05) is 23.7 Å². The van der Waals surface area contributed by atoms with E-state index in [4.69, 9.17) is 0 Å². The number of nitrogens with one attached hydrogen (secondary N) is 1. The average molecular weight is 219 g/mol. The van der Waals surface area contributed by atoms with Crippen molar-refractivity contribution in [3.8, 4) is 0 Å². The maximum atomic E-state index is 4.30. The molecule has 4 heteroatoms. The zero-order valence-electron chi connectivity index (χ0n) is 8.60. The number of nitrogens with zero attached hydrogens (tertiary/aromatic N) is 2. The van der Waals surface area contributed by atoms with Crippen molar-refractivity contribution in [3.63, 3.8) is 0 Å². The largest absolute Gasteiger partial charge is 0.348 e. The molecule has 1 aliphatic rings. The molecule has 0 radical (unpaired) electrons. The normalized spacial score (nSPS) is 19.7. The van der Waals surface area contributed by atoms with Gasteiger partial charge in [0.1, 0.15) is 0 Å². The van der Waals surface area contributed by atoms with Crippen molar-refractivity contribution in [1.29, 1.82) is 0 Å². The van der Waals surface area contributed by atoms with Gasteiger partial charge in [0.25, 0.3) is 0 Å². The summed E-state index contributed by atoms with van der Waals surface area (Å²) in [5.74, 6) is 0.999. The number of fused-ring (bicyclic) bond motifs is 1. The minimum Gasteiger partial charge on any atom is -0.348 e. The monoisotopic (exact) mass is 219 g/mol. The Bertz CT molecular complexity index is 472. The molecule has 0 aliphatic carbocycles. The quantitative estimate of drug-likeness (QED) is 0.799. The number of imidazole rings is 1. The lowest BCUT2D eigenvalue weighted by Gasteiger charge is -2.25. The molecule has 0 aromatic carbocycles. The first-order valence-corrected chi connectivity index (χ1v) is 6.04. The first-order valence-electron chi connectivity index (χ1n) is 5.16. The Morgan fingerprint density at radius 1 is 1.60 bits per heavy atom. The molecular formula is C11H13N3S. The van der Waals surface area contributed by atoms with E-state index in [0.717, 1.165) is 18.9 Å². The van der Waals surface area contributed by atoms with Crippen molar-refractivity contribution < 1.29 is 0 Å². The van der Waals surface area contributed by atoms with Crippen LogP contribution >= 0.6 is 11.3 Å². The number of aryl methyl sites for hydroxylation is 2. The zero-order valence-corrected chi connectivity index (χ0v) is 9.42. The van der Waals surface area contributed by atoms with E-state index >= 15 is 0 Å². The lowest BCUT2D eigenvalue weighted by Crippen LogP contribution is -2.21. The van der Waals surface area contributed by atoms with Crippen molar-refractivity contribution in [2.75, 3.05) is 5.32 Å². The summed E-state index contributed by atoms with van der Waals surface area (Å²) in [6.07, 6.45) is 5.02. The smallest absolute Gasteiger partial charge is 0.203 e. The van der Waals surface area contributed by atoms with Crippen LogP contribution in [0.2, 0.25) is 0 Å². The number of thiophene rings is 1. The highest BCUT2D eigenvalue weighted by atomic mass is 32.1. The molecule has 2 aromatic heterocycles. The second-order valence-corrected chi connectivity index (χ2v) is 4.85. The first-order chi connectivity index (χ1) is 7.34. The Balaban J connectivity index is 1.90. The van der Waals surface area contributed by atoms with Crippen LogP contribution < -0.4 is 5.32 Å². The summed E-state index contributed by atoms with van der Waals surface area (Å²) in [5, 5.41) is 5.64. The van der Waals surface area contributed by atoms with Gasteiger partial charge in [-0.25, -0.2) is 4.98 Å². The van der Waals surface area contributed by atoms with E-state index < -0.39 is 0 Å². The summed E-state index contributed by atoms with van der Waals surface area (Å²) >= 11 is 1.83. The van der Waals surface area contributed by atoms with Crippen LogP contribution in [0, 0.1) is 6.92 Å². The Kier molecular flexibility index (Phi) is 2.02. The highest BCUT2D eigenvalue weighted by molar-refractivity contribution is 7.10. The minimum atomic E-state index is 0.444. The molecule has 1 atom stereocenters. The number of anilines is 1. The third kappa shape index (κ3) is 1.45. The molecule has 0 saturated carbocycles. The van der Waals surface area contributed by atoms with Gasteiger partial charge in [-0.1, -0.05) is 0 Å². The van der Waals surface area contributed by atoms with Gasteiger partial charge in [-0.3, -0.25) is 0 Å². The van der Waals surface area contributed by atoms with Gasteiger partial charge in [-0.05, 0) is 30.4 Å². The molecule has 1 aliphatic heterocycles. The summed E-state index contributed by atoms with van der Waals surface area (Å²) in [5.41, 5.74) is 1.39. The van der Waals surface area contributed by atoms with Gasteiger partial charge in [0, 0.05) is 23.8 Å². The van der Waals surface area contributed by atoms with Crippen LogP contribution in [0.4, 0.5) is 5.95 Å². The van der Waals surface area contributed by atoms with Crippen LogP contribution in [-0.2, 0) is 6.54 Å². The van der Waals surface area contributed by atoms with E-state index in [1.165, 1.54) is 10.4 Å². The molecule has 0 bridgehead atoms. The average Bonchev–Trinajstić information content (AvgIpc) is 2.84. The third-order valence-electron chi connectivity index (χ3n) is 2.90. The maximum absolute atomic E-state index is 4.30. The highest BCUT2D eigenvalue weighted by Crippen LogP contribution is 2.32. The SMILES string of the molecule is Cc1ccsc1C1CCn2ccnc2N1. The standard InChI is InChI=1S/C11H13N3S/c1-8-3-7-15-10(8)9-2-5-14-6-4-12-11(14)13-9/h3-4,6-7,9H,2,5H2,1H3,(H,12,13). The van der Waals surface area contributed by atoms with Crippen LogP contribution in [0.15, 0.2) is 23.8 Å². The molecule has 3 heterocycles. The third-order valence-corrected chi connectivity index (χ3v) is 4.03. The molecule has 1 N–H and O–H groups in total. The molecule has 1 unspecified atom stereocenters. The van der Waals surface area contributed by atoms with Gasteiger partial charge in [0.05, 0.1) is 6.04 Å². The Morgan fingerprint density at radius 2 is 2.53 bits per heavy atom. The molecule has 0 fully saturated rings. The van der Waals surface area contributed by atoms with Crippen molar-refractivity contribution in [2.24, 2.45) is 0 Å². The molecule has 2 aromatic rings. The van der Waals surface area contributed by atoms with Crippen LogP contribution in [0.25, 0.3) is 0 Å². The van der Waals surface area contributed by atoms with E-state index in [-0.39, 0.29) is 0 Å². The van der Waals surface area contributed by atoms with Gasteiger partial charge < -0.3 is 9.88 Å². The topological polar surface area (TPSA) is 29.9 Å². The maximum Gasteiger partial charge on any atom is 0.203 e. The summed E-state index contributed by atoms with van der Waals surface area (Å²) < 4.78 is 2.17. The Morgan fingerprint density at radius 3 is 3.33 bits per heavy atom. The second kappa shape index (κ2) is 3.38. The van der Waals surface area contributed by atoms with Gasteiger partial charge >= 0.3 is 0 Å². The van der Waals surface area contributed by atoms with E-state index in [2.05, 4.69) is 33.2 Å². The van der Waals surface area contributed by atoms with E-state index in [0.29, 0.717) is 6.04 Å². The molecule has 3 nitrogen and oxygen atoms in total. The lowest BCUT2D eigenvalue weighted by molar-refractivity contribution is 0.546.